The number of hydrogen-bond donors (Lipinski definition) is 0. The summed E-state index contributed by atoms with van der Waals surface area (Å²) < 4.78 is 1.89. The van der Waals surface area contributed by atoms with Crippen molar-refractivity contribution in [3.05, 3.63) is 20.7 Å². The maximum absolute atomic E-state index is 11.6. The largest absolute Gasteiger partial charge is 0.307 e. The van der Waals surface area contributed by atoms with E-state index in [4.69, 9.17) is 0 Å². The average Bonchev–Trinajstić information content (AvgIpc) is 2.67. The van der Waals surface area contributed by atoms with Gasteiger partial charge < -0.3 is 9.47 Å². The molecule has 17 heavy (non-hydrogen) atoms. The molecule has 1 aromatic heterocycles. The lowest BCUT2D eigenvalue weighted by Crippen LogP contribution is -2.36. The van der Waals surface area contributed by atoms with Crippen molar-refractivity contribution in [2.75, 3.05) is 13.6 Å². The van der Waals surface area contributed by atoms with Crippen LogP contribution in [0.3, 0.4) is 0 Å². The molecule has 0 aromatic carbocycles. The summed E-state index contributed by atoms with van der Waals surface area (Å²) in [6.45, 7) is 3.84. The van der Waals surface area contributed by atoms with E-state index in [2.05, 4.69) is 11.9 Å². The van der Waals surface area contributed by atoms with Gasteiger partial charge in [-0.25, -0.2) is 0 Å². The fourth-order valence-corrected chi connectivity index (χ4v) is 3.40. The van der Waals surface area contributed by atoms with Gasteiger partial charge in [0, 0.05) is 30.2 Å². The van der Waals surface area contributed by atoms with Crippen molar-refractivity contribution < 1.29 is 0 Å². The number of rotatable bonds is 4. The second-order valence-electron chi connectivity index (χ2n) is 5.07. The van der Waals surface area contributed by atoms with Gasteiger partial charge in [0.05, 0.1) is 0 Å². The molecule has 0 saturated heterocycles. The first-order chi connectivity index (χ1) is 8.18. The van der Waals surface area contributed by atoms with Crippen molar-refractivity contribution >= 4 is 11.3 Å². The Hall–Kier alpha value is -0.610. The SMILES string of the molecule is Cc1csc(=O)n1CCN(C)C1CCCCC1. The van der Waals surface area contributed by atoms with Crippen LogP contribution in [0.4, 0.5) is 0 Å². The number of aromatic nitrogens is 1. The summed E-state index contributed by atoms with van der Waals surface area (Å²) in [5, 5.41) is 1.95. The molecule has 0 N–H and O–H groups in total. The Bertz CT molecular complexity index is 404. The second kappa shape index (κ2) is 5.83. The normalized spacial score (nSPS) is 17.8. The number of likely N-dealkylation sites (N-methyl/N-ethyl adjacent to an activating group) is 1. The van der Waals surface area contributed by atoms with Gasteiger partial charge in [-0.05, 0) is 26.8 Å². The quantitative estimate of drug-likeness (QED) is 0.825. The minimum absolute atomic E-state index is 0.180. The third kappa shape index (κ3) is 3.19. The molecule has 0 spiro atoms. The van der Waals surface area contributed by atoms with Crippen LogP contribution in [0.5, 0.6) is 0 Å². The zero-order chi connectivity index (χ0) is 12.3. The average molecular weight is 254 g/mol. The molecular weight excluding hydrogens is 232 g/mol. The van der Waals surface area contributed by atoms with Gasteiger partial charge in [0.1, 0.15) is 0 Å². The molecule has 1 fully saturated rings. The molecule has 1 aliphatic rings. The highest BCUT2D eigenvalue weighted by molar-refractivity contribution is 7.07. The third-order valence-corrected chi connectivity index (χ3v) is 4.73. The van der Waals surface area contributed by atoms with Gasteiger partial charge in [0.15, 0.2) is 0 Å². The van der Waals surface area contributed by atoms with Crippen LogP contribution in [0, 0.1) is 6.92 Å². The molecule has 0 radical (unpaired) electrons. The Balaban J connectivity index is 1.87. The van der Waals surface area contributed by atoms with Crippen LogP contribution in [0.15, 0.2) is 10.2 Å². The maximum atomic E-state index is 11.6. The molecule has 1 aromatic rings. The predicted octanol–water partition coefficient (Wildman–Crippen LogP) is 2.48. The Labute approximate surface area is 107 Å². The highest BCUT2D eigenvalue weighted by atomic mass is 32.1. The van der Waals surface area contributed by atoms with Crippen molar-refractivity contribution in [2.24, 2.45) is 0 Å². The van der Waals surface area contributed by atoms with E-state index in [-0.39, 0.29) is 4.87 Å². The van der Waals surface area contributed by atoms with Gasteiger partial charge >= 0.3 is 4.87 Å². The highest BCUT2D eigenvalue weighted by Gasteiger charge is 2.17. The first-order valence-corrected chi connectivity index (χ1v) is 7.41. The van der Waals surface area contributed by atoms with E-state index in [9.17, 15) is 4.79 Å². The molecular formula is C13H22N2OS. The first kappa shape index (κ1) is 12.8. The topological polar surface area (TPSA) is 25.2 Å². The Morgan fingerprint density at radius 2 is 2.12 bits per heavy atom. The van der Waals surface area contributed by atoms with Crippen LogP contribution in [0.25, 0.3) is 0 Å². The molecule has 1 saturated carbocycles. The van der Waals surface area contributed by atoms with E-state index in [0.29, 0.717) is 0 Å². The summed E-state index contributed by atoms with van der Waals surface area (Å²) in [7, 11) is 2.20. The molecule has 3 nitrogen and oxygen atoms in total. The van der Waals surface area contributed by atoms with Crippen molar-refractivity contribution in [1.29, 1.82) is 0 Å². The lowest BCUT2D eigenvalue weighted by molar-refractivity contribution is 0.185. The zero-order valence-electron chi connectivity index (χ0n) is 10.8. The molecule has 4 heteroatoms. The fraction of sp³-hybridized carbons (Fsp3) is 0.769. The van der Waals surface area contributed by atoms with Crippen molar-refractivity contribution in [3.63, 3.8) is 0 Å². The summed E-state index contributed by atoms with van der Waals surface area (Å²) in [6.07, 6.45) is 6.79. The monoisotopic (exact) mass is 254 g/mol. The zero-order valence-corrected chi connectivity index (χ0v) is 11.6. The minimum Gasteiger partial charge on any atom is -0.302 e. The number of nitrogens with zero attached hydrogens (tertiary/aromatic N) is 2. The molecule has 1 heterocycles. The fourth-order valence-electron chi connectivity index (χ4n) is 2.64. The van der Waals surface area contributed by atoms with Gasteiger partial charge in [0.2, 0.25) is 0 Å². The lowest BCUT2D eigenvalue weighted by atomic mass is 9.94. The number of hydrogen-bond acceptors (Lipinski definition) is 3. The molecule has 0 atom stereocenters. The first-order valence-electron chi connectivity index (χ1n) is 6.53. The molecule has 0 aliphatic heterocycles. The molecule has 0 bridgehead atoms. The van der Waals surface area contributed by atoms with Crippen LogP contribution >= 0.6 is 11.3 Å². The standard InChI is InChI=1S/C13H22N2OS/c1-11-10-17-13(16)15(11)9-8-14(2)12-6-4-3-5-7-12/h10,12H,3-9H2,1-2H3. The van der Waals surface area contributed by atoms with Crippen LogP contribution in [0.1, 0.15) is 37.8 Å². The van der Waals surface area contributed by atoms with Gasteiger partial charge in [-0.15, -0.1) is 0 Å². The van der Waals surface area contributed by atoms with Gasteiger partial charge in [-0.3, -0.25) is 4.79 Å². The lowest BCUT2D eigenvalue weighted by Gasteiger charge is -2.31. The van der Waals surface area contributed by atoms with Crippen molar-refractivity contribution in [1.82, 2.24) is 9.47 Å². The number of aryl methyl sites for hydroxylation is 1. The van der Waals surface area contributed by atoms with E-state index in [0.717, 1.165) is 24.8 Å². The summed E-state index contributed by atoms with van der Waals surface area (Å²) in [4.78, 5) is 14.2. The van der Waals surface area contributed by atoms with Gasteiger partial charge in [-0.2, -0.15) is 0 Å². The van der Waals surface area contributed by atoms with E-state index in [1.54, 1.807) is 0 Å². The summed E-state index contributed by atoms with van der Waals surface area (Å²) in [5.74, 6) is 0. The molecule has 1 aliphatic carbocycles. The van der Waals surface area contributed by atoms with Crippen LogP contribution in [-0.4, -0.2) is 29.1 Å². The van der Waals surface area contributed by atoms with E-state index < -0.39 is 0 Å². The van der Waals surface area contributed by atoms with Crippen molar-refractivity contribution in [2.45, 2.75) is 51.6 Å². The summed E-state index contributed by atoms with van der Waals surface area (Å²) in [6, 6.07) is 0.735. The third-order valence-electron chi connectivity index (χ3n) is 3.85. The second-order valence-corrected chi connectivity index (χ2v) is 5.89. The maximum Gasteiger partial charge on any atom is 0.307 e. The smallest absolute Gasteiger partial charge is 0.302 e. The van der Waals surface area contributed by atoms with Gasteiger partial charge in [-0.1, -0.05) is 30.6 Å². The number of thiazole rings is 1. The molecule has 96 valence electrons. The van der Waals surface area contributed by atoms with E-state index in [1.165, 1.54) is 43.4 Å². The minimum atomic E-state index is 0.180. The molecule has 0 amide bonds. The predicted molar refractivity (Wildman–Crippen MR) is 72.8 cm³/mol. The Morgan fingerprint density at radius 1 is 1.41 bits per heavy atom. The Morgan fingerprint density at radius 3 is 2.71 bits per heavy atom. The summed E-state index contributed by atoms with van der Waals surface area (Å²) >= 11 is 1.31. The van der Waals surface area contributed by atoms with Crippen LogP contribution in [0.2, 0.25) is 0 Å². The molecule has 2 rings (SSSR count). The van der Waals surface area contributed by atoms with E-state index in [1.807, 2.05) is 16.9 Å². The Kier molecular flexibility index (Phi) is 4.40. The van der Waals surface area contributed by atoms with Crippen LogP contribution in [-0.2, 0) is 6.54 Å². The molecule has 0 unspecified atom stereocenters. The van der Waals surface area contributed by atoms with Gasteiger partial charge in [0.25, 0.3) is 0 Å². The van der Waals surface area contributed by atoms with E-state index >= 15 is 0 Å². The summed E-state index contributed by atoms with van der Waals surface area (Å²) in [5.41, 5.74) is 1.09. The van der Waals surface area contributed by atoms with Crippen LogP contribution < -0.4 is 4.87 Å². The van der Waals surface area contributed by atoms with Crippen molar-refractivity contribution in [3.8, 4) is 0 Å². The highest BCUT2D eigenvalue weighted by Crippen LogP contribution is 2.21.